The molecule has 1 atom stereocenters. The van der Waals surface area contributed by atoms with E-state index in [1.165, 1.54) is 5.52 Å². The Labute approximate surface area is 190 Å². The SMILES string of the molecule is CN=C(NCCCn1c(C)nc2ccccc21)NC1CCN(C(=O)C(C)C)C1.I. The second kappa shape index (κ2) is 10.8. The van der Waals surface area contributed by atoms with Crippen LogP contribution in [0.1, 0.15) is 32.5 Å². The third kappa shape index (κ3) is 5.83. The topological polar surface area (TPSA) is 74.6 Å². The Morgan fingerprint density at radius 1 is 1.34 bits per heavy atom. The number of aliphatic imine (C=N–C) groups is 1. The first-order chi connectivity index (χ1) is 13.5. The lowest BCUT2D eigenvalue weighted by Crippen LogP contribution is -2.45. The molecule has 0 bridgehead atoms. The number of guanidine groups is 1. The number of aromatic nitrogens is 2. The van der Waals surface area contributed by atoms with E-state index in [1.54, 1.807) is 7.05 Å². The van der Waals surface area contributed by atoms with Crippen molar-refractivity contribution >= 4 is 46.9 Å². The number of likely N-dealkylation sites (tertiary alicyclic amines) is 1. The molecule has 0 spiro atoms. The van der Waals surface area contributed by atoms with Crippen LogP contribution in [0.3, 0.4) is 0 Å². The van der Waals surface area contributed by atoms with Gasteiger partial charge in [-0.3, -0.25) is 9.79 Å². The van der Waals surface area contributed by atoms with Crippen LogP contribution in [0.2, 0.25) is 0 Å². The first-order valence-electron chi connectivity index (χ1n) is 10.2. The maximum atomic E-state index is 12.1. The Morgan fingerprint density at radius 3 is 2.83 bits per heavy atom. The van der Waals surface area contributed by atoms with Gasteiger partial charge in [-0.25, -0.2) is 4.98 Å². The Morgan fingerprint density at radius 2 is 2.10 bits per heavy atom. The number of para-hydroxylation sites is 2. The minimum absolute atomic E-state index is 0. The van der Waals surface area contributed by atoms with E-state index in [9.17, 15) is 4.79 Å². The molecule has 1 saturated heterocycles. The zero-order valence-electron chi connectivity index (χ0n) is 17.8. The summed E-state index contributed by atoms with van der Waals surface area (Å²) in [6.45, 7) is 9.27. The fourth-order valence-corrected chi connectivity index (χ4v) is 3.75. The lowest BCUT2D eigenvalue weighted by molar-refractivity contribution is -0.133. The summed E-state index contributed by atoms with van der Waals surface area (Å²) < 4.78 is 2.26. The van der Waals surface area contributed by atoms with Gasteiger partial charge in [0.1, 0.15) is 5.82 Å². The molecule has 1 unspecified atom stereocenters. The second-order valence-corrected chi connectivity index (χ2v) is 7.72. The number of benzene rings is 1. The molecule has 1 aromatic heterocycles. The van der Waals surface area contributed by atoms with Gasteiger partial charge in [0.15, 0.2) is 5.96 Å². The van der Waals surface area contributed by atoms with Gasteiger partial charge >= 0.3 is 0 Å². The molecular weight excluding hydrogens is 479 g/mol. The number of halogens is 1. The number of hydrogen-bond donors (Lipinski definition) is 2. The van der Waals surface area contributed by atoms with Gasteiger partial charge < -0.3 is 20.1 Å². The summed E-state index contributed by atoms with van der Waals surface area (Å²) >= 11 is 0. The summed E-state index contributed by atoms with van der Waals surface area (Å²) in [5.41, 5.74) is 2.23. The van der Waals surface area contributed by atoms with E-state index in [0.717, 1.165) is 56.3 Å². The first-order valence-corrected chi connectivity index (χ1v) is 10.2. The fraction of sp³-hybridized carbons (Fsp3) is 0.571. The number of amides is 1. The summed E-state index contributed by atoms with van der Waals surface area (Å²) in [4.78, 5) is 23.0. The molecule has 8 heteroatoms. The van der Waals surface area contributed by atoms with Crippen LogP contribution < -0.4 is 10.6 Å². The van der Waals surface area contributed by atoms with E-state index in [0.29, 0.717) is 0 Å². The molecule has 2 N–H and O–H groups in total. The fourth-order valence-electron chi connectivity index (χ4n) is 3.75. The van der Waals surface area contributed by atoms with Crippen molar-refractivity contribution in [1.82, 2.24) is 25.1 Å². The summed E-state index contributed by atoms with van der Waals surface area (Å²) in [7, 11) is 1.79. The van der Waals surface area contributed by atoms with E-state index >= 15 is 0 Å². The lowest BCUT2D eigenvalue weighted by Gasteiger charge is -2.20. The van der Waals surface area contributed by atoms with Crippen molar-refractivity contribution in [1.29, 1.82) is 0 Å². The molecule has 160 valence electrons. The quantitative estimate of drug-likeness (QED) is 0.270. The molecule has 1 aromatic carbocycles. The minimum Gasteiger partial charge on any atom is -0.356 e. The Bertz CT molecular complexity index is 847. The van der Waals surface area contributed by atoms with E-state index in [-0.39, 0.29) is 41.8 Å². The minimum atomic E-state index is 0. The molecule has 3 rings (SSSR count). The number of carbonyl (C=O) groups excluding carboxylic acids is 1. The molecule has 1 aliphatic heterocycles. The van der Waals surface area contributed by atoms with Gasteiger partial charge in [0.25, 0.3) is 0 Å². The van der Waals surface area contributed by atoms with Crippen LogP contribution in [0, 0.1) is 12.8 Å². The smallest absolute Gasteiger partial charge is 0.225 e. The van der Waals surface area contributed by atoms with Crippen molar-refractivity contribution in [3.05, 3.63) is 30.1 Å². The predicted octanol–water partition coefficient (Wildman–Crippen LogP) is 2.77. The normalized spacial score (nSPS) is 16.9. The average molecular weight is 512 g/mol. The van der Waals surface area contributed by atoms with Crippen molar-refractivity contribution < 1.29 is 4.79 Å². The molecule has 29 heavy (non-hydrogen) atoms. The van der Waals surface area contributed by atoms with Crippen LogP contribution in [0.4, 0.5) is 0 Å². The summed E-state index contributed by atoms with van der Waals surface area (Å²) in [5, 5.41) is 6.84. The number of aryl methyl sites for hydroxylation is 2. The summed E-state index contributed by atoms with van der Waals surface area (Å²) in [6.07, 6.45) is 1.93. The van der Waals surface area contributed by atoms with E-state index in [4.69, 9.17) is 0 Å². The van der Waals surface area contributed by atoms with Crippen molar-refractivity contribution in [3.63, 3.8) is 0 Å². The van der Waals surface area contributed by atoms with Gasteiger partial charge in [-0.15, -0.1) is 24.0 Å². The third-order valence-corrected chi connectivity index (χ3v) is 5.25. The van der Waals surface area contributed by atoms with Gasteiger partial charge in [-0.1, -0.05) is 26.0 Å². The largest absolute Gasteiger partial charge is 0.356 e. The van der Waals surface area contributed by atoms with Crippen molar-refractivity contribution in [2.75, 3.05) is 26.7 Å². The molecule has 7 nitrogen and oxygen atoms in total. The first kappa shape index (κ1) is 23.4. The van der Waals surface area contributed by atoms with Crippen LogP contribution in [0.15, 0.2) is 29.3 Å². The monoisotopic (exact) mass is 512 g/mol. The molecule has 0 saturated carbocycles. The number of nitrogens with one attached hydrogen (secondary N) is 2. The maximum Gasteiger partial charge on any atom is 0.225 e. The van der Waals surface area contributed by atoms with Gasteiger partial charge in [0, 0.05) is 45.2 Å². The molecule has 2 heterocycles. The molecule has 1 amide bonds. The Balaban J connectivity index is 0.00000300. The van der Waals surface area contributed by atoms with Crippen molar-refractivity contribution in [2.45, 2.75) is 46.2 Å². The number of imidazole rings is 1. The van der Waals surface area contributed by atoms with Gasteiger partial charge in [-0.2, -0.15) is 0 Å². The molecule has 0 radical (unpaired) electrons. The highest BCUT2D eigenvalue weighted by Crippen LogP contribution is 2.16. The molecule has 1 aliphatic rings. The summed E-state index contributed by atoms with van der Waals surface area (Å²) in [6, 6.07) is 8.51. The van der Waals surface area contributed by atoms with Gasteiger partial charge in [0.2, 0.25) is 5.91 Å². The number of hydrogen-bond acceptors (Lipinski definition) is 3. The zero-order valence-corrected chi connectivity index (χ0v) is 20.1. The molecule has 0 aliphatic carbocycles. The average Bonchev–Trinajstić information content (AvgIpc) is 3.27. The highest BCUT2D eigenvalue weighted by atomic mass is 127. The lowest BCUT2D eigenvalue weighted by atomic mass is 10.2. The van der Waals surface area contributed by atoms with Crippen molar-refractivity contribution in [3.8, 4) is 0 Å². The Kier molecular flexibility index (Phi) is 8.73. The van der Waals surface area contributed by atoms with E-state index in [2.05, 4.69) is 50.3 Å². The Hall–Kier alpha value is -1.84. The van der Waals surface area contributed by atoms with E-state index < -0.39 is 0 Å². The van der Waals surface area contributed by atoms with Crippen LogP contribution in [-0.4, -0.2) is 59.0 Å². The molecule has 1 fully saturated rings. The number of nitrogens with zero attached hydrogens (tertiary/aromatic N) is 4. The number of carbonyl (C=O) groups is 1. The number of rotatable bonds is 6. The molecule has 2 aromatic rings. The van der Waals surface area contributed by atoms with Crippen LogP contribution >= 0.6 is 24.0 Å². The number of fused-ring (bicyclic) bond motifs is 1. The van der Waals surface area contributed by atoms with Gasteiger partial charge in [0.05, 0.1) is 11.0 Å². The highest BCUT2D eigenvalue weighted by molar-refractivity contribution is 14.0. The van der Waals surface area contributed by atoms with E-state index in [1.807, 2.05) is 24.8 Å². The third-order valence-electron chi connectivity index (χ3n) is 5.25. The van der Waals surface area contributed by atoms with Crippen LogP contribution in [0.5, 0.6) is 0 Å². The molecular formula is C21H33IN6O. The van der Waals surface area contributed by atoms with Crippen LogP contribution in [0.25, 0.3) is 11.0 Å². The summed E-state index contributed by atoms with van der Waals surface area (Å²) in [5.74, 6) is 2.13. The maximum absolute atomic E-state index is 12.1. The predicted molar refractivity (Wildman–Crippen MR) is 129 cm³/mol. The van der Waals surface area contributed by atoms with Crippen LogP contribution in [-0.2, 0) is 11.3 Å². The standard InChI is InChI=1S/C21H32N6O.HI/c1-15(2)20(28)26-13-10-17(14-26)25-21(22-4)23-11-7-12-27-16(3)24-18-8-5-6-9-19(18)27;/h5-6,8-9,15,17H,7,10-14H2,1-4H3,(H2,22,23,25);1H. The second-order valence-electron chi connectivity index (χ2n) is 7.72. The van der Waals surface area contributed by atoms with Crippen molar-refractivity contribution in [2.24, 2.45) is 10.9 Å². The highest BCUT2D eigenvalue weighted by Gasteiger charge is 2.27. The zero-order chi connectivity index (χ0) is 20.1. The van der Waals surface area contributed by atoms with Gasteiger partial charge in [-0.05, 0) is 31.9 Å².